The van der Waals surface area contributed by atoms with Gasteiger partial charge < -0.3 is 4.74 Å². The van der Waals surface area contributed by atoms with E-state index in [0.29, 0.717) is 6.92 Å². The maximum absolute atomic E-state index is 12.4. The summed E-state index contributed by atoms with van der Waals surface area (Å²) in [4.78, 5) is 3.80. The summed E-state index contributed by atoms with van der Waals surface area (Å²) in [5.41, 5.74) is 0.847. The molecule has 0 saturated carbocycles. The molecule has 0 atom stereocenters. The first-order valence-electron chi connectivity index (χ1n) is 4.10. The molecule has 0 saturated heterocycles. The van der Waals surface area contributed by atoms with Gasteiger partial charge in [0.05, 0.1) is 0 Å². The zero-order valence-corrected chi connectivity index (χ0v) is 8.00. The van der Waals surface area contributed by atoms with Crippen LogP contribution in [-0.2, 0) is 0 Å². The maximum atomic E-state index is 12.4. The second-order valence-corrected chi connectivity index (χ2v) is 2.87. The van der Waals surface area contributed by atoms with E-state index in [-0.39, 0.29) is 5.75 Å². The van der Waals surface area contributed by atoms with Crippen LogP contribution in [0.4, 0.5) is 8.78 Å². The Labute approximate surface area is 81.2 Å². The van der Waals surface area contributed by atoms with Crippen LogP contribution in [0.2, 0.25) is 0 Å². The summed E-state index contributed by atoms with van der Waals surface area (Å²) in [6, 6.07) is 6.28. The van der Waals surface area contributed by atoms with Crippen molar-refractivity contribution < 1.29 is 13.5 Å². The van der Waals surface area contributed by atoms with Crippen molar-refractivity contribution in [2.75, 3.05) is 7.05 Å². The number of rotatable bonds is 3. The first-order chi connectivity index (χ1) is 6.51. The predicted octanol–water partition coefficient (Wildman–Crippen LogP) is 2.73. The van der Waals surface area contributed by atoms with Gasteiger partial charge in [0.2, 0.25) is 0 Å². The fourth-order valence-electron chi connectivity index (χ4n) is 0.978. The highest BCUT2D eigenvalue weighted by Gasteiger charge is 2.22. The number of nitrogens with zero attached hydrogens (tertiary/aromatic N) is 1. The van der Waals surface area contributed by atoms with E-state index in [1.165, 1.54) is 12.1 Å². The molecule has 1 rings (SSSR count). The standard InChI is InChI=1S/C10H11F2NO/c1-10(11,12)14-9-5-3-8(4-6-9)7-13-2/h3-7H,1-2H3. The molecule has 2 nitrogen and oxygen atoms in total. The van der Waals surface area contributed by atoms with Crippen molar-refractivity contribution in [3.8, 4) is 5.75 Å². The molecule has 0 radical (unpaired) electrons. The molecule has 4 heteroatoms. The lowest BCUT2D eigenvalue weighted by molar-refractivity contribution is -0.158. The van der Waals surface area contributed by atoms with Gasteiger partial charge in [-0.25, -0.2) is 0 Å². The number of alkyl halides is 2. The molecular formula is C10H11F2NO. The Hall–Kier alpha value is -1.45. The summed E-state index contributed by atoms with van der Waals surface area (Å²) in [5, 5.41) is 0. The van der Waals surface area contributed by atoms with Gasteiger partial charge in [0.15, 0.2) is 0 Å². The number of benzene rings is 1. The molecule has 0 aromatic heterocycles. The van der Waals surface area contributed by atoms with Crippen LogP contribution in [0.15, 0.2) is 29.3 Å². The van der Waals surface area contributed by atoms with Gasteiger partial charge in [0.1, 0.15) is 5.75 Å². The van der Waals surface area contributed by atoms with Gasteiger partial charge in [0.25, 0.3) is 0 Å². The molecule has 0 aliphatic rings. The zero-order chi connectivity index (χ0) is 10.6. The van der Waals surface area contributed by atoms with E-state index in [2.05, 4.69) is 9.73 Å². The summed E-state index contributed by atoms with van der Waals surface area (Å²) in [5.74, 6) is 0.144. The summed E-state index contributed by atoms with van der Waals surface area (Å²) >= 11 is 0. The predicted molar refractivity (Wildman–Crippen MR) is 51.2 cm³/mol. The largest absolute Gasteiger partial charge is 0.433 e. The van der Waals surface area contributed by atoms with Crippen LogP contribution >= 0.6 is 0 Å². The number of ether oxygens (including phenoxy) is 1. The SMILES string of the molecule is CN=Cc1ccc(OC(C)(F)F)cc1. The second-order valence-electron chi connectivity index (χ2n) is 2.87. The molecule has 14 heavy (non-hydrogen) atoms. The smallest absolute Gasteiger partial charge is 0.394 e. The van der Waals surface area contributed by atoms with Crippen LogP contribution in [0.3, 0.4) is 0 Å². The highest BCUT2D eigenvalue weighted by molar-refractivity contribution is 5.79. The van der Waals surface area contributed by atoms with Crippen molar-refractivity contribution in [2.24, 2.45) is 4.99 Å². The van der Waals surface area contributed by atoms with Crippen molar-refractivity contribution in [1.29, 1.82) is 0 Å². The quantitative estimate of drug-likeness (QED) is 0.686. The fraction of sp³-hybridized carbons (Fsp3) is 0.300. The van der Waals surface area contributed by atoms with E-state index in [9.17, 15) is 8.78 Å². The Morgan fingerprint density at radius 2 is 1.86 bits per heavy atom. The van der Waals surface area contributed by atoms with Crippen LogP contribution in [0.1, 0.15) is 12.5 Å². The van der Waals surface area contributed by atoms with E-state index in [0.717, 1.165) is 5.56 Å². The molecule has 0 aliphatic carbocycles. The van der Waals surface area contributed by atoms with Crippen molar-refractivity contribution >= 4 is 6.21 Å². The monoisotopic (exact) mass is 199 g/mol. The molecule has 0 N–H and O–H groups in total. The Balaban J connectivity index is 2.74. The molecule has 0 heterocycles. The minimum absolute atomic E-state index is 0.144. The highest BCUT2D eigenvalue weighted by Crippen LogP contribution is 2.20. The third-order valence-corrected chi connectivity index (χ3v) is 1.46. The van der Waals surface area contributed by atoms with Crippen molar-refractivity contribution in [2.45, 2.75) is 13.0 Å². The summed E-state index contributed by atoms with van der Waals surface area (Å²) in [6.45, 7) is 0.703. The normalized spacial score (nSPS) is 12.0. The molecule has 76 valence electrons. The van der Waals surface area contributed by atoms with E-state index >= 15 is 0 Å². The van der Waals surface area contributed by atoms with Crippen molar-refractivity contribution in [3.05, 3.63) is 29.8 Å². The van der Waals surface area contributed by atoms with Crippen molar-refractivity contribution in [1.82, 2.24) is 0 Å². The molecule has 0 aliphatic heterocycles. The molecule has 0 fully saturated rings. The second kappa shape index (κ2) is 4.17. The number of aliphatic imine (C=N–C) groups is 1. The van der Waals surface area contributed by atoms with Gasteiger partial charge in [-0.2, -0.15) is 8.78 Å². The maximum Gasteiger partial charge on any atom is 0.394 e. The molecule has 0 amide bonds. The van der Waals surface area contributed by atoms with Crippen LogP contribution in [-0.4, -0.2) is 19.4 Å². The van der Waals surface area contributed by atoms with Crippen LogP contribution < -0.4 is 4.74 Å². The Morgan fingerprint density at radius 3 is 2.29 bits per heavy atom. The average molecular weight is 199 g/mol. The third-order valence-electron chi connectivity index (χ3n) is 1.46. The topological polar surface area (TPSA) is 21.6 Å². The zero-order valence-electron chi connectivity index (χ0n) is 8.00. The number of hydrogen-bond donors (Lipinski definition) is 0. The van der Waals surface area contributed by atoms with Gasteiger partial charge in [0, 0.05) is 20.2 Å². The van der Waals surface area contributed by atoms with Crippen LogP contribution in [0.5, 0.6) is 5.75 Å². The third kappa shape index (κ3) is 3.51. The van der Waals surface area contributed by atoms with E-state index in [1.807, 2.05) is 0 Å². The van der Waals surface area contributed by atoms with Gasteiger partial charge >= 0.3 is 6.11 Å². The summed E-state index contributed by atoms with van der Waals surface area (Å²) < 4.78 is 29.2. The van der Waals surface area contributed by atoms with E-state index < -0.39 is 6.11 Å². The molecule has 0 spiro atoms. The molecular weight excluding hydrogens is 188 g/mol. The first-order valence-corrected chi connectivity index (χ1v) is 4.10. The molecule has 1 aromatic rings. The van der Waals surface area contributed by atoms with Gasteiger partial charge in [-0.3, -0.25) is 4.99 Å². The van der Waals surface area contributed by atoms with Crippen LogP contribution in [0.25, 0.3) is 0 Å². The van der Waals surface area contributed by atoms with Gasteiger partial charge in [-0.05, 0) is 29.8 Å². The summed E-state index contributed by atoms with van der Waals surface area (Å²) in [6.07, 6.45) is -1.51. The highest BCUT2D eigenvalue weighted by atomic mass is 19.3. The fourth-order valence-corrected chi connectivity index (χ4v) is 0.978. The number of halogens is 2. The lowest BCUT2D eigenvalue weighted by Crippen LogP contribution is -2.18. The van der Waals surface area contributed by atoms with E-state index in [1.54, 1.807) is 25.4 Å². The average Bonchev–Trinajstić information content (AvgIpc) is 2.06. The lowest BCUT2D eigenvalue weighted by Gasteiger charge is -2.12. The minimum Gasteiger partial charge on any atom is -0.433 e. The first kappa shape index (κ1) is 10.6. The Bertz CT molecular complexity index is 314. The van der Waals surface area contributed by atoms with Crippen molar-refractivity contribution in [3.63, 3.8) is 0 Å². The Kier molecular flexibility index (Phi) is 3.17. The molecule has 0 bridgehead atoms. The summed E-state index contributed by atoms with van der Waals surface area (Å²) in [7, 11) is 1.64. The minimum atomic E-state index is -3.14. The van der Waals surface area contributed by atoms with Gasteiger partial charge in [-0.1, -0.05) is 0 Å². The van der Waals surface area contributed by atoms with Crippen LogP contribution in [0, 0.1) is 0 Å². The Morgan fingerprint density at radius 1 is 1.29 bits per heavy atom. The number of hydrogen-bond acceptors (Lipinski definition) is 2. The van der Waals surface area contributed by atoms with E-state index in [4.69, 9.17) is 0 Å². The molecule has 1 aromatic carbocycles. The van der Waals surface area contributed by atoms with Gasteiger partial charge in [-0.15, -0.1) is 0 Å². The molecule has 0 unspecified atom stereocenters. The lowest BCUT2D eigenvalue weighted by atomic mass is 10.2.